The largest absolute Gasteiger partial charge is 0.414 e. The van der Waals surface area contributed by atoms with Gasteiger partial charge in [0.25, 0.3) is 0 Å². The molecule has 0 bridgehead atoms. The molecule has 1 N–H and O–H groups in total. The first-order valence-corrected chi connectivity index (χ1v) is 14.4. The van der Waals surface area contributed by atoms with Crippen LogP contribution in [0.1, 0.15) is 41.5 Å². The van der Waals surface area contributed by atoms with E-state index in [9.17, 15) is 5.11 Å². The molecule has 1 radical (unpaired) electrons. The van der Waals surface area contributed by atoms with E-state index in [1.165, 1.54) is 0 Å². The van der Waals surface area contributed by atoms with Gasteiger partial charge in [0, 0.05) is 0 Å². The molecule has 0 aromatic carbocycles. The zero-order valence-corrected chi connectivity index (χ0v) is 18.7. The van der Waals surface area contributed by atoms with Gasteiger partial charge in [0.2, 0.25) is 0 Å². The molecule has 0 saturated carbocycles. The van der Waals surface area contributed by atoms with Crippen molar-refractivity contribution in [1.29, 1.82) is 0 Å². The third-order valence-corrected chi connectivity index (χ3v) is 14.7. The Bertz CT molecular complexity index is 396. The van der Waals surface area contributed by atoms with E-state index in [1.54, 1.807) is 6.61 Å². The zero-order valence-electron chi connectivity index (χ0n) is 16.7. The second-order valence-electron chi connectivity index (χ2n) is 9.72. The first kappa shape index (κ1) is 21.3. The molecule has 0 amide bonds. The molecule has 1 aliphatic heterocycles. The van der Waals surface area contributed by atoms with E-state index >= 15 is 0 Å². The van der Waals surface area contributed by atoms with Crippen LogP contribution in [-0.2, 0) is 13.6 Å². The fourth-order valence-corrected chi connectivity index (χ4v) is 4.05. The molecule has 1 aliphatic rings. The lowest BCUT2D eigenvalue weighted by atomic mass is 10.2. The van der Waals surface area contributed by atoms with Crippen molar-refractivity contribution in [3.63, 3.8) is 0 Å². The summed E-state index contributed by atoms with van der Waals surface area (Å²) in [6.07, 6.45) is -1.35. The Labute approximate surface area is 145 Å². The Balaban J connectivity index is 2.62. The van der Waals surface area contributed by atoms with E-state index in [1.807, 2.05) is 0 Å². The van der Waals surface area contributed by atoms with Gasteiger partial charge in [-0.3, -0.25) is 0 Å². The Hall–Kier alpha value is 0.274. The lowest BCUT2D eigenvalue weighted by Crippen LogP contribution is -2.48. The average Bonchev–Trinajstić information content (AvgIpc) is 2.65. The van der Waals surface area contributed by atoms with Gasteiger partial charge in [-0.25, -0.2) is 0 Å². The highest BCUT2D eigenvalue weighted by Crippen LogP contribution is 2.40. The van der Waals surface area contributed by atoms with Gasteiger partial charge in [0.15, 0.2) is 16.6 Å². The number of aliphatic hydroxyl groups excluding tert-OH is 1. The van der Waals surface area contributed by atoms with E-state index in [0.29, 0.717) is 6.61 Å². The molecule has 0 spiro atoms. The van der Waals surface area contributed by atoms with Crippen LogP contribution >= 0.6 is 0 Å². The van der Waals surface area contributed by atoms with Gasteiger partial charge in [-0.15, -0.1) is 0 Å². The Morgan fingerprint density at radius 3 is 1.87 bits per heavy atom. The van der Waals surface area contributed by atoms with Crippen LogP contribution in [-0.4, -0.2) is 46.7 Å². The van der Waals surface area contributed by atoms with Gasteiger partial charge in [-0.05, 0) is 36.3 Å². The van der Waals surface area contributed by atoms with Crippen molar-refractivity contribution in [3.8, 4) is 0 Å². The normalized spacial score (nSPS) is 27.5. The summed E-state index contributed by atoms with van der Waals surface area (Å²) >= 11 is 0. The molecule has 0 aliphatic carbocycles. The molecule has 0 unspecified atom stereocenters. The quantitative estimate of drug-likeness (QED) is 0.741. The molecule has 1 saturated heterocycles. The van der Waals surface area contributed by atoms with Crippen LogP contribution in [0.3, 0.4) is 0 Å². The minimum absolute atomic E-state index is 0.107. The summed E-state index contributed by atoms with van der Waals surface area (Å²) in [4.78, 5) is 0. The van der Waals surface area contributed by atoms with E-state index in [0.717, 1.165) is 0 Å². The van der Waals surface area contributed by atoms with Crippen molar-refractivity contribution >= 4 is 16.6 Å². The van der Waals surface area contributed by atoms with Crippen LogP contribution < -0.4 is 0 Å². The minimum atomic E-state index is -1.93. The standard InChI is InChI=1S/C17H37O4Si2/c1-16(2,3)22(7,8)20-12-13-15(18)14(11-19-13)21-23(9,10)17(4,5)6/h11,13-15,18H,12H2,1-10H3/t13-,14+,15-/m1/s1. The van der Waals surface area contributed by atoms with Gasteiger partial charge >= 0.3 is 0 Å². The summed E-state index contributed by atoms with van der Waals surface area (Å²) in [5.41, 5.74) is 0. The molecule has 1 heterocycles. The Kier molecular flexibility index (Phi) is 6.38. The Morgan fingerprint density at radius 1 is 0.957 bits per heavy atom. The van der Waals surface area contributed by atoms with Crippen LogP contribution in [0.15, 0.2) is 0 Å². The predicted molar refractivity (Wildman–Crippen MR) is 100 cm³/mol. The van der Waals surface area contributed by atoms with Crippen LogP contribution in [0, 0.1) is 6.61 Å². The highest BCUT2D eigenvalue weighted by molar-refractivity contribution is 6.74. The molecule has 3 atom stereocenters. The predicted octanol–water partition coefficient (Wildman–Crippen LogP) is 4.32. The second kappa shape index (κ2) is 6.88. The number of aliphatic hydroxyl groups is 1. The SMILES string of the molecule is CC(C)(C)[Si](C)(C)OC[C@H]1O[CH][C@H](O[Si](C)(C)C(C)(C)C)[C@@H]1O. The van der Waals surface area contributed by atoms with E-state index < -0.39 is 22.7 Å². The summed E-state index contributed by atoms with van der Waals surface area (Å²) in [5.74, 6) is 0. The molecular weight excluding hydrogens is 324 g/mol. The summed E-state index contributed by atoms with van der Waals surface area (Å²) in [6, 6.07) is 0. The van der Waals surface area contributed by atoms with Crippen LogP contribution in [0.25, 0.3) is 0 Å². The smallest absolute Gasteiger partial charge is 0.192 e. The first-order chi connectivity index (χ1) is 10.1. The molecule has 137 valence electrons. The third-order valence-electron chi connectivity index (χ3n) is 5.76. The maximum absolute atomic E-state index is 10.6. The molecule has 1 rings (SSSR count). The van der Waals surface area contributed by atoms with Gasteiger partial charge in [-0.2, -0.15) is 0 Å². The monoisotopic (exact) mass is 361 g/mol. The summed E-state index contributed by atoms with van der Waals surface area (Å²) in [5, 5.41) is 10.8. The van der Waals surface area contributed by atoms with Crippen LogP contribution in [0.2, 0.25) is 36.3 Å². The minimum Gasteiger partial charge on any atom is -0.414 e. The van der Waals surface area contributed by atoms with Crippen molar-refractivity contribution in [1.82, 2.24) is 0 Å². The number of rotatable bonds is 5. The first-order valence-electron chi connectivity index (χ1n) is 8.57. The van der Waals surface area contributed by atoms with Crippen molar-refractivity contribution in [2.45, 2.75) is 96.1 Å². The van der Waals surface area contributed by atoms with Gasteiger partial charge in [-0.1, -0.05) is 41.5 Å². The number of hydrogen-bond donors (Lipinski definition) is 1. The van der Waals surface area contributed by atoms with Gasteiger partial charge < -0.3 is 18.7 Å². The van der Waals surface area contributed by atoms with E-state index in [2.05, 4.69) is 67.7 Å². The summed E-state index contributed by atoms with van der Waals surface area (Å²) in [7, 11) is -3.77. The van der Waals surface area contributed by atoms with Gasteiger partial charge in [0.05, 0.1) is 6.61 Å². The fraction of sp³-hybridized carbons (Fsp3) is 0.941. The molecular formula is C17H37O4Si2. The highest BCUT2D eigenvalue weighted by Gasteiger charge is 2.46. The summed E-state index contributed by atoms with van der Waals surface area (Å²) in [6.45, 7) is 24.1. The van der Waals surface area contributed by atoms with Crippen molar-refractivity contribution in [3.05, 3.63) is 6.61 Å². The number of ether oxygens (including phenoxy) is 1. The van der Waals surface area contributed by atoms with Crippen molar-refractivity contribution < 1.29 is 18.7 Å². The van der Waals surface area contributed by atoms with Crippen molar-refractivity contribution in [2.24, 2.45) is 0 Å². The maximum atomic E-state index is 10.6. The molecule has 1 fully saturated rings. The lowest BCUT2D eigenvalue weighted by Gasteiger charge is -2.39. The van der Waals surface area contributed by atoms with Crippen molar-refractivity contribution in [2.75, 3.05) is 6.61 Å². The zero-order chi connectivity index (χ0) is 18.3. The molecule has 0 aromatic rings. The number of hydrogen-bond acceptors (Lipinski definition) is 4. The molecule has 0 aromatic heterocycles. The fourth-order valence-electron chi connectivity index (χ4n) is 1.81. The summed E-state index contributed by atoms with van der Waals surface area (Å²) < 4.78 is 18.1. The second-order valence-corrected chi connectivity index (χ2v) is 19.3. The van der Waals surface area contributed by atoms with Crippen LogP contribution in [0.5, 0.6) is 0 Å². The third kappa shape index (κ3) is 5.12. The molecule has 4 nitrogen and oxygen atoms in total. The topological polar surface area (TPSA) is 47.9 Å². The lowest BCUT2D eigenvalue weighted by molar-refractivity contribution is 0.00181. The van der Waals surface area contributed by atoms with Gasteiger partial charge in [0.1, 0.15) is 24.9 Å². The Morgan fingerprint density at radius 2 is 1.43 bits per heavy atom. The average molecular weight is 362 g/mol. The molecule has 6 heteroatoms. The van der Waals surface area contributed by atoms with E-state index in [-0.39, 0.29) is 22.3 Å². The van der Waals surface area contributed by atoms with Crippen LogP contribution in [0.4, 0.5) is 0 Å². The van der Waals surface area contributed by atoms with E-state index in [4.69, 9.17) is 13.6 Å². The maximum Gasteiger partial charge on any atom is 0.192 e. The molecule has 23 heavy (non-hydrogen) atoms. The highest BCUT2D eigenvalue weighted by atomic mass is 28.4.